The third kappa shape index (κ3) is 4.42. The fourth-order valence-corrected chi connectivity index (χ4v) is 2.89. The van der Waals surface area contributed by atoms with Crippen LogP contribution in [0, 0.1) is 11.8 Å². The van der Waals surface area contributed by atoms with Crippen LogP contribution in [-0.4, -0.2) is 47.7 Å². The zero-order chi connectivity index (χ0) is 20.1. The number of fused-ring (bicyclic) bond motifs is 3. The molecule has 4 heterocycles. The first kappa shape index (κ1) is 18.7. The predicted molar refractivity (Wildman–Crippen MR) is 109 cm³/mol. The molecule has 0 aromatic carbocycles. The van der Waals surface area contributed by atoms with Crippen molar-refractivity contribution in [1.82, 2.24) is 15.0 Å². The first-order valence-electron chi connectivity index (χ1n) is 9.18. The van der Waals surface area contributed by atoms with Crippen molar-refractivity contribution in [3.63, 3.8) is 0 Å². The van der Waals surface area contributed by atoms with Crippen molar-refractivity contribution in [2.24, 2.45) is 0 Å². The number of hydrogen-bond acceptors (Lipinski definition) is 7. The standard InChI is InChI=1S/C21H19N5O3/c1-22-21-18-13-24-19-11-17(18)14(12-25-21)2-3-15-10-16(4-6-23-15)29-9-8-28-7-5-20(27)26-19/h4,6,10-13H,5,7-9H2,1H3,(H,22,25)(H,24,26,27). The molecule has 8 nitrogen and oxygen atoms in total. The maximum atomic E-state index is 12.2. The van der Waals surface area contributed by atoms with Crippen LogP contribution in [0.3, 0.4) is 0 Å². The summed E-state index contributed by atoms with van der Waals surface area (Å²) in [5.41, 5.74) is 1.29. The number of carbonyl (C=O) groups excluding carboxylic acids is 1. The van der Waals surface area contributed by atoms with Gasteiger partial charge < -0.3 is 20.1 Å². The Morgan fingerprint density at radius 1 is 1.07 bits per heavy atom. The number of carbonyl (C=O) groups is 1. The van der Waals surface area contributed by atoms with Crippen LogP contribution in [0.5, 0.6) is 5.75 Å². The Morgan fingerprint density at radius 3 is 2.90 bits per heavy atom. The molecule has 1 amide bonds. The molecular weight excluding hydrogens is 370 g/mol. The van der Waals surface area contributed by atoms with E-state index in [4.69, 9.17) is 9.47 Å². The molecule has 1 aliphatic rings. The summed E-state index contributed by atoms with van der Waals surface area (Å²) in [4.78, 5) is 25.2. The molecule has 8 heteroatoms. The molecule has 0 spiro atoms. The van der Waals surface area contributed by atoms with E-state index in [0.717, 1.165) is 10.8 Å². The van der Waals surface area contributed by atoms with Crippen LogP contribution >= 0.6 is 0 Å². The maximum absolute atomic E-state index is 12.2. The van der Waals surface area contributed by atoms with Crippen molar-refractivity contribution < 1.29 is 14.3 Å². The molecule has 4 rings (SSSR count). The summed E-state index contributed by atoms with van der Waals surface area (Å²) in [5.74, 6) is 7.80. The molecule has 0 fully saturated rings. The average Bonchev–Trinajstić information content (AvgIpc) is 2.74. The van der Waals surface area contributed by atoms with E-state index in [1.165, 1.54) is 0 Å². The Hall–Kier alpha value is -3.70. The molecule has 1 aliphatic heterocycles. The van der Waals surface area contributed by atoms with E-state index in [1.807, 2.05) is 0 Å². The molecule has 3 aromatic heterocycles. The van der Waals surface area contributed by atoms with Crippen LogP contribution in [0.2, 0.25) is 0 Å². The van der Waals surface area contributed by atoms with E-state index in [1.54, 1.807) is 43.8 Å². The summed E-state index contributed by atoms with van der Waals surface area (Å²) in [6.45, 7) is 1.05. The summed E-state index contributed by atoms with van der Waals surface area (Å²) in [5, 5.41) is 7.49. The summed E-state index contributed by atoms with van der Waals surface area (Å²) < 4.78 is 11.1. The van der Waals surface area contributed by atoms with Gasteiger partial charge in [0.05, 0.1) is 25.2 Å². The minimum atomic E-state index is -0.173. The normalized spacial score (nSPS) is 14.3. The highest BCUT2D eigenvalue weighted by atomic mass is 16.5. The highest BCUT2D eigenvalue weighted by Gasteiger charge is 2.10. The lowest BCUT2D eigenvalue weighted by molar-refractivity contribution is -0.117. The van der Waals surface area contributed by atoms with E-state index in [9.17, 15) is 4.79 Å². The van der Waals surface area contributed by atoms with Gasteiger partial charge >= 0.3 is 0 Å². The van der Waals surface area contributed by atoms with Crippen molar-refractivity contribution in [3.05, 3.63) is 48.0 Å². The molecule has 4 bridgehead atoms. The minimum Gasteiger partial charge on any atom is -0.491 e. The van der Waals surface area contributed by atoms with Gasteiger partial charge in [-0.1, -0.05) is 5.92 Å². The number of nitrogens with one attached hydrogen (secondary N) is 2. The Morgan fingerprint density at radius 2 is 2.00 bits per heavy atom. The molecule has 0 saturated carbocycles. The van der Waals surface area contributed by atoms with Crippen LogP contribution in [0.25, 0.3) is 10.8 Å². The second-order valence-electron chi connectivity index (χ2n) is 6.27. The Balaban J connectivity index is 1.81. The zero-order valence-corrected chi connectivity index (χ0v) is 15.9. The Kier molecular flexibility index (Phi) is 5.49. The lowest BCUT2D eigenvalue weighted by Gasteiger charge is -2.10. The van der Waals surface area contributed by atoms with Gasteiger partial charge in [0.15, 0.2) is 0 Å². The maximum Gasteiger partial charge on any atom is 0.227 e. The van der Waals surface area contributed by atoms with Crippen LogP contribution in [0.1, 0.15) is 17.7 Å². The summed E-state index contributed by atoms with van der Waals surface area (Å²) in [6, 6.07) is 5.34. The quantitative estimate of drug-likeness (QED) is 0.616. The molecule has 3 aromatic rings. The first-order chi connectivity index (χ1) is 14.2. The summed E-state index contributed by atoms with van der Waals surface area (Å²) in [6.07, 6.45) is 5.24. The van der Waals surface area contributed by atoms with Gasteiger partial charge in [0.1, 0.15) is 29.7 Å². The van der Waals surface area contributed by atoms with E-state index in [-0.39, 0.29) is 12.3 Å². The lowest BCUT2D eigenvalue weighted by atomic mass is 10.1. The van der Waals surface area contributed by atoms with Gasteiger partial charge in [-0.05, 0) is 18.1 Å². The van der Waals surface area contributed by atoms with Gasteiger partial charge in [0.2, 0.25) is 5.91 Å². The number of rotatable bonds is 1. The van der Waals surface area contributed by atoms with Gasteiger partial charge in [-0.25, -0.2) is 15.0 Å². The first-order valence-corrected chi connectivity index (χ1v) is 9.18. The van der Waals surface area contributed by atoms with Crippen molar-refractivity contribution in [2.75, 3.05) is 37.5 Å². The second kappa shape index (κ2) is 8.54. The SMILES string of the molecule is CNc1ncc2c3cc(ncc13)NC(=O)CCOCCOc1ccnc(c1)C#C2. The number of pyridine rings is 3. The highest BCUT2D eigenvalue weighted by Crippen LogP contribution is 2.25. The van der Waals surface area contributed by atoms with Crippen LogP contribution in [0.4, 0.5) is 11.6 Å². The third-order valence-electron chi connectivity index (χ3n) is 4.30. The molecule has 0 radical (unpaired) electrons. The molecule has 0 aliphatic carbocycles. The van der Waals surface area contributed by atoms with Gasteiger partial charge in [-0.15, -0.1) is 0 Å². The number of amides is 1. The van der Waals surface area contributed by atoms with Gasteiger partial charge in [-0.2, -0.15) is 0 Å². The zero-order valence-electron chi connectivity index (χ0n) is 15.9. The fraction of sp³-hybridized carbons (Fsp3) is 0.238. The summed E-state index contributed by atoms with van der Waals surface area (Å²) in [7, 11) is 1.79. The third-order valence-corrected chi connectivity index (χ3v) is 4.30. The van der Waals surface area contributed by atoms with Crippen molar-refractivity contribution in [3.8, 4) is 17.6 Å². The van der Waals surface area contributed by atoms with E-state index >= 15 is 0 Å². The van der Waals surface area contributed by atoms with E-state index in [2.05, 4.69) is 37.4 Å². The van der Waals surface area contributed by atoms with Crippen molar-refractivity contribution in [2.45, 2.75) is 6.42 Å². The molecule has 146 valence electrons. The number of hydrogen-bond donors (Lipinski definition) is 2. The molecule has 0 unspecified atom stereocenters. The molecule has 2 N–H and O–H groups in total. The smallest absolute Gasteiger partial charge is 0.227 e. The number of aromatic nitrogens is 3. The van der Waals surface area contributed by atoms with Gasteiger partial charge in [0, 0.05) is 42.5 Å². The van der Waals surface area contributed by atoms with Crippen LogP contribution in [-0.2, 0) is 9.53 Å². The van der Waals surface area contributed by atoms with Crippen LogP contribution < -0.4 is 15.4 Å². The number of nitrogens with zero attached hydrogens (tertiary/aromatic N) is 3. The Bertz CT molecular complexity index is 1120. The molecule has 0 atom stereocenters. The molecular formula is C21H19N5O3. The average molecular weight is 389 g/mol. The van der Waals surface area contributed by atoms with E-state index in [0.29, 0.717) is 48.5 Å². The van der Waals surface area contributed by atoms with Gasteiger partial charge in [-0.3, -0.25) is 4.79 Å². The molecule has 29 heavy (non-hydrogen) atoms. The predicted octanol–water partition coefficient (Wildman–Crippen LogP) is 2.20. The van der Waals surface area contributed by atoms with Crippen LogP contribution in [0.15, 0.2) is 36.8 Å². The summed E-state index contributed by atoms with van der Waals surface area (Å²) >= 11 is 0. The number of ether oxygens (including phenoxy) is 2. The van der Waals surface area contributed by atoms with Crippen molar-refractivity contribution >= 4 is 28.3 Å². The molecule has 0 saturated heterocycles. The lowest BCUT2D eigenvalue weighted by Crippen LogP contribution is -2.16. The largest absolute Gasteiger partial charge is 0.491 e. The number of anilines is 2. The fourth-order valence-electron chi connectivity index (χ4n) is 2.89. The minimum absolute atomic E-state index is 0.173. The van der Waals surface area contributed by atoms with Crippen molar-refractivity contribution in [1.29, 1.82) is 0 Å². The second-order valence-corrected chi connectivity index (χ2v) is 6.27. The monoisotopic (exact) mass is 389 g/mol. The highest BCUT2D eigenvalue weighted by molar-refractivity contribution is 5.98. The Labute approximate surface area is 167 Å². The van der Waals surface area contributed by atoms with Gasteiger partial charge in [0.25, 0.3) is 0 Å². The topological polar surface area (TPSA) is 98.3 Å². The van der Waals surface area contributed by atoms with E-state index < -0.39 is 0 Å².